The number of hydrogen-bond acceptors (Lipinski definition) is 5. The summed E-state index contributed by atoms with van der Waals surface area (Å²) >= 11 is 0. The van der Waals surface area contributed by atoms with Gasteiger partial charge in [-0.2, -0.15) is 4.98 Å². The Kier molecular flexibility index (Phi) is 7.18. The van der Waals surface area contributed by atoms with Crippen LogP contribution in [0.4, 0.5) is 5.69 Å². The molecule has 0 atom stereocenters. The maximum Gasteiger partial charge on any atom is 0.255 e. The molecule has 0 fully saturated rings. The zero-order valence-corrected chi connectivity index (χ0v) is 18.1. The second kappa shape index (κ2) is 10.0. The molecule has 0 saturated heterocycles. The molecular weight excluding hydrogens is 392 g/mol. The quantitative estimate of drug-likeness (QED) is 0.568. The van der Waals surface area contributed by atoms with Crippen LogP contribution in [0.15, 0.2) is 59.1 Å². The van der Waals surface area contributed by atoms with E-state index in [4.69, 9.17) is 4.52 Å². The Labute approximate surface area is 182 Å². The van der Waals surface area contributed by atoms with Crippen LogP contribution in [0, 0.1) is 0 Å². The lowest BCUT2D eigenvalue weighted by Gasteiger charge is -2.10. The number of carbonyl (C=O) groups is 2. The van der Waals surface area contributed by atoms with Crippen molar-refractivity contribution in [1.29, 1.82) is 0 Å². The van der Waals surface area contributed by atoms with E-state index in [1.165, 1.54) is 0 Å². The van der Waals surface area contributed by atoms with E-state index in [-0.39, 0.29) is 17.2 Å². The van der Waals surface area contributed by atoms with E-state index in [1.54, 1.807) is 12.1 Å². The van der Waals surface area contributed by atoms with Crippen molar-refractivity contribution in [3.8, 4) is 0 Å². The average molecular weight is 421 g/mol. The van der Waals surface area contributed by atoms with E-state index < -0.39 is 0 Å². The molecule has 2 N–H and O–H groups in total. The van der Waals surface area contributed by atoms with Gasteiger partial charge in [-0.15, -0.1) is 0 Å². The molecular formula is C24H28N4O3. The van der Waals surface area contributed by atoms with Crippen molar-refractivity contribution in [2.24, 2.45) is 0 Å². The van der Waals surface area contributed by atoms with E-state index in [9.17, 15) is 9.59 Å². The highest BCUT2D eigenvalue weighted by Crippen LogP contribution is 2.19. The van der Waals surface area contributed by atoms with Gasteiger partial charge >= 0.3 is 0 Å². The molecule has 1 heterocycles. The van der Waals surface area contributed by atoms with Gasteiger partial charge in [0, 0.05) is 36.1 Å². The normalized spacial score (nSPS) is 11.2. The van der Waals surface area contributed by atoms with Gasteiger partial charge in [-0.3, -0.25) is 9.59 Å². The maximum atomic E-state index is 12.4. The van der Waals surface area contributed by atoms with Gasteiger partial charge in [0.05, 0.1) is 0 Å². The monoisotopic (exact) mass is 420 g/mol. The Morgan fingerprint density at radius 3 is 2.52 bits per heavy atom. The van der Waals surface area contributed by atoms with Crippen molar-refractivity contribution in [2.75, 3.05) is 5.32 Å². The minimum absolute atomic E-state index is 0.0605. The van der Waals surface area contributed by atoms with E-state index in [2.05, 4.69) is 20.8 Å². The zero-order valence-electron chi connectivity index (χ0n) is 18.1. The minimum atomic E-state index is -0.187. The summed E-state index contributed by atoms with van der Waals surface area (Å²) < 4.78 is 5.25. The van der Waals surface area contributed by atoms with Crippen LogP contribution in [0.25, 0.3) is 0 Å². The Balaban J connectivity index is 1.44. The summed E-state index contributed by atoms with van der Waals surface area (Å²) in [6, 6.07) is 16.5. The van der Waals surface area contributed by atoms with E-state index in [0.717, 1.165) is 11.3 Å². The largest absolute Gasteiger partial charge is 0.352 e. The molecule has 0 spiro atoms. The minimum Gasteiger partial charge on any atom is -0.352 e. The zero-order chi connectivity index (χ0) is 22.3. The van der Waals surface area contributed by atoms with Crippen molar-refractivity contribution in [3.05, 3.63) is 77.4 Å². The first-order chi connectivity index (χ1) is 14.8. The van der Waals surface area contributed by atoms with E-state index in [0.29, 0.717) is 43.1 Å². The van der Waals surface area contributed by atoms with Crippen LogP contribution in [0.2, 0.25) is 0 Å². The average Bonchev–Trinajstić information content (AvgIpc) is 3.23. The van der Waals surface area contributed by atoms with Gasteiger partial charge in [-0.1, -0.05) is 56.3 Å². The van der Waals surface area contributed by atoms with Crippen LogP contribution in [-0.2, 0) is 23.2 Å². The highest BCUT2D eigenvalue weighted by Gasteiger charge is 2.20. The summed E-state index contributed by atoms with van der Waals surface area (Å²) in [5.74, 6) is 0.973. The standard InChI is InChI=1S/C24H28N4O3/c1-24(2,3)23-27-21(31-28-23)14-8-13-20(29)25-16-17-9-7-10-18(15-17)22(30)26-19-11-5-4-6-12-19/h4-7,9-12,15H,8,13-14,16H2,1-3H3,(H,25,29)(H,26,30). The fourth-order valence-corrected chi connectivity index (χ4v) is 2.90. The molecule has 1 aromatic heterocycles. The lowest BCUT2D eigenvalue weighted by molar-refractivity contribution is -0.121. The summed E-state index contributed by atoms with van der Waals surface area (Å²) in [6.07, 6.45) is 1.55. The molecule has 7 heteroatoms. The van der Waals surface area contributed by atoms with Gasteiger partial charge in [0.15, 0.2) is 5.82 Å². The summed E-state index contributed by atoms with van der Waals surface area (Å²) in [5.41, 5.74) is 1.98. The van der Waals surface area contributed by atoms with Gasteiger partial charge < -0.3 is 15.2 Å². The lowest BCUT2D eigenvalue weighted by atomic mass is 9.96. The molecule has 31 heavy (non-hydrogen) atoms. The second-order valence-corrected chi connectivity index (χ2v) is 8.41. The molecule has 0 aliphatic rings. The van der Waals surface area contributed by atoms with Crippen LogP contribution in [-0.4, -0.2) is 22.0 Å². The number of hydrogen-bond donors (Lipinski definition) is 2. The van der Waals surface area contributed by atoms with Gasteiger partial charge in [-0.05, 0) is 36.2 Å². The molecule has 7 nitrogen and oxygen atoms in total. The number of amides is 2. The number of aryl methyl sites for hydroxylation is 1. The number of benzene rings is 2. The number of aromatic nitrogens is 2. The number of para-hydroxylation sites is 1. The Hall–Kier alpha value is -3.48. The topological polar surface area (TPSA) is 97.1 Å². The third kappa shape index (κ3) is 6.77. The number of carbonyl (C=O) groups excluding carboxylic acids is 2. The molecule has 0 aliphatic heterocycles. The molecule has 3 rings (SSSR count). The number of anilines is 1. The predicted octanol–water partition coefficient (Wildman–Crippen LogP) is 4.26. The van der Waals surface area contributed by atoms with Crippen LogP contribution in [0.5, 0.6) is 0 Å². The first-order valence-electron chi connectivity index (χ1n) is 10.4. The SMILES string of the molecule is CC(C)(C)c1noc(CCCC(=O)NCc2cccc(C(=O)Nc3ccccc3)c2)n1. The van der Waals surface area contributed by atoms with Crippen LogP contribution < -0.4 is 10.6 Å². The Bertz CT molecular complexity index is 1020. The third-order valence-corrected chi connectivity index (χ3v) is 4.64. The first kappa shape index (κ1) is 22.2. The summed E-state index contributed by atoms with van der Waals surface area (Å²) in [4.78, 5) is 29.0. The fraction of sp³-hybridized carbons (Fsp3) is 0.333. The van der Waals surface area contributed by atoms with Crippen LogP contribution in [0.1, 0.15) is 61.2 Å². The fourth-order valence-electron chi connectivity index (χ4n) is 2.90. The Morgan fingerprint density at radius 2 is 1.81 bits per heavy atom. The highest BCUT2D eigenvalue weighted by molar-refractivity contribution is 6.04. The molecule has 162 valence electrons. The van der Waals surface area contributed by atoms with Gasteiger partial charge in [0.25, 0.3) is 5.91 Å². The molecule has 2 aromatic carbocycles. The number of nitrogens with one attached hydrogen (secondary N) is 2. The molecule has 0 radical (unpaired) electrons. The number of rotatable bonds is 8. The van der Waals surface area contributed by atoms with Crippen molar-refractivity contribution in [2.45, 2.75) is 52.0 Å². The maximum absolute atomic E-state index is 12.4. The van der Waals surface area contributed by atoms with E-state index >= 15 is 0 Å². The Morgan fingerprint density at radius 1 is 1.03 bits per heavy atom. The smallest absolute Gasteiger partial charge is 0.255 e. The van der Waals surface area contributed by atoms with Crippen LogP contribution >= 0.6 is 0 Å². The van der Waals surface area contributed by atoms with Gasteiger partial charge in [-0.25, -0.2) is 0 Å². The van der Waals surface area contributed by atoms with Crippen molar-refractivity contribution in [1.82, 2.24) is 15.5 Å². The summed E-state index contributed by atoms with van der Waals surface area (Å²) in [7, 11) is 0. The summed E-state index contributed by atoms with van der Waals surface area (Å²) in [5, 5.41) is 9.74. The van der Waals surface area contributed by atoms with Crippen molar-refractivity contribution in [3.63, 3.8) is 0 Å². The lowest BCUT2D eigenvalue weighted by Crippen LogP contribution is -2.22. The van der Waals surface area contributed by atoms with E-state index in [1.807, 2.05) is 63.2 Å². The highest BCUT2D eigenvalue weighted by atomic mass is 16.5. The van der Waals surface area contributed by atoms with Gasteiger partial charge in [0.2, 0.25) is 11.8 Å². The molecule has 0 aliphatic carbocycles. The molecule has 3 aromatic rings. The second-order valence-electron chi connectivity index (χ2n) is 8.41. The first-order valence-corrected chi connectivity index (χ1v) is 10.4. The van der Waals surface area contributed by atoms with Gasteiger partial charge in [0.1, 0.15) is 0 Å². The molecule has 0 unspecified atom stereocenters. The summed E-state index contributed by atoms with van der Waals surface area (Å²) in [6.45, 7) is 6.43. The van der Waals surface area contributed by atoms with Crippen molar-refractivity contribution < 1.29 is 14.1 Å². The molecule has 0 saturated carbocycles. The molecule has 0 bridgehead atoms. The molecule has 2 amide bonds. The number of nitrogens with zero attached hydrogens (tertiary/aromatic N) is 2. The third-order valence-electron chi connectivity index (χ3n) is 4.64. The predicted molar refractivity (Wildman–Crippen MR) is 119 cm³/mol. The van der Waals surface area contributed by atoms with Crippen LogP contribution in [0.3, 0.4) is 0 Å². The van der Waals surface area contributed by atoms with Crippen molar-refractivity contribution >= 4 is 17.5 Å².